The van der Waals surface area contributed by atoms with Crippen LogP contribution in [0.3, 0.4) is 0 Å². The maximum Gasteiger partial charge on any atom is 0.320 e. The van der Waals surface area contributed by atoms with Crippen LogP contribution in [-0.4, -0.2) is 83.6 Å². The van der Waals surface area contributed by atoms with Gasteiger partial charge in [0.05, 0.1) is 29.4 Å². The number of morpholine rings is 1. The van der Waals surface area contributed by atoms with E-state index in [0.717, 1.165) is 45.4 Å². The zero-order valence-electron chi connectivity index (χ0n) is 22.6. The van der Waals surface area contributed by atoms with Gasteiger partial charge in [-0.2, -0.15) is 0 Å². The molecule has 3 heterocycles. The summed E-state index contributed by atoms with van der Waals surface area (Å²) in [6.07, 6.45) is 5.45. The van der Waals surface area contributed by atoms with Crippen molar-refractivity contribution in [2.45, 2.75) is 25.3 Å². The molecule has 5 rings (SSSR count). The highest BCUT2D eigenvalue weighted by molar-refractivity contribution is 6.31. The Labute approximate surface area is 242 Å². The van der Waals surface area contributed by atoms with E-state index in [1.165, 1.54) is 24.5 Å². The molecule has 2 fully saturated rings. The third-order valence-electron chi connectivity index (χ3n) is 7.29. The number of cyclic esters (lactones) is 1. The summed E-state index contributed by atoms with van der Waals surface area (Å²) >= 11 is 5.93. The fraction of sp³-hybridized carbons (Fsp3) is 0.379. The van der Waals surface area contributed by atoms with Gasteiger partial charge in [0.25, 0.3) is 0 Å². The number of amides is 1. The maximum atomic E-state index is 13.6. The lowest BCUT2D eigenvalue weighted by molar-refractivity contribution is -0.152. The van der Waals surface area contributed by atoms with E-state index in [-0.39, 0.29) is 16.9 Å². The van der Waals surface area contributed by atoms with Gasteiger partial charge in [0.1, 0.15) is 30.3 Å². The number of ether oxygens (including phenoxy) is 2. The van der Waals surface area contributed by atoms with Gasteiger partial charge in [0, 0.05) is 36.3 Å². The SMILES string of the molecule is C=CC(=O)Nc1cc2c(Nc3ccc(F)c(Cl)c3)ncnc2cc1OCCCN1CCC(N2CCOC(=O)C2)CC1. The average molecular weight is 583 g/mol. The van der Waals surface area contributed by atoms with Gasteiger partial charge < -0.3 is 25.0 Å². The van der Waals surface area contributed by atoms with Crippen LogP contribution in [0.25, 0.3) is 10.9 Å². The molecule has 41 heavy (non-hydrogen) atoms. The molecule has 2 N–H and O–H groups in total. The number of esters is 1. The number of likely N-dealkylation sites (tertiary alicyclic amines) is 1. The van der Waals surface area contributed by atoms with E-state index in [4.69, 9.17) is 21.1 Å². The summed E-state index contributed by atoms with van der Waals surface area (Å²) in [5.41, 5.74) is 1.61. The number of carbonyl (C=O) groups is 2. The second kappa shape index (κ2) is 13.2. The van der Waals surface area contributed by atoms with E-state index >= 15 is 0 Å². The second-order valence-corrected chi connectivity index (χ2v) is 10.4. The summed E-state index contributed by atoms with van der Waals surface area (Å²) in [5, 5.41) is 6.56. The van der Waals surface area contributed by atoms with Crippen molar-refractivity contribution in [3.05, 3.63) is 60.2 Å². The van der Waals surface area contributed by atoms with Gasteiger partial charge in [-0.05, 0) is 62.7 Å². The minimum Gasteiger partial charge on any atom is -0.491 e. The molecule has 0 atom stereocenters. The molecule has 3 aromatic rings. The Morgan fingerprint density at radius 1 is 1.22 bits per heavy atom. The first-order valence-corrected chi connectivity index (χ1v) is 14.0. The molecule has 0 bridgehead atoms. The first-order valence-electron chi connectivity index (χ1n) is 13.6. The number of nitrogens with zero attached hydrogens (tertiary/aromatic N) is 4. The van der Waals surface area contributed by atoms with Crippen LogP contribution in [0.5, 0.6) is 5.75 Å². The quantitative estimate of drug-likeness (QED) is 0.204. The van der Waals surface area contributed by atoms with Crippen molar-refractivity contribution in [1.29, 1.82) is 0 Å². The van der Waals surface area contributed by atoms with Gasteiger partial charge in [0.15, 0.2) is 0 Å². The Balaban J connectivity index is 1.22. The van der Waals surface area contributed by atoms with Crippen molar-refractivity contribution in [2.24, 2.45) is 0 Å². The summed E-state index contributed by atoms with van der Waals surface area (Å²) in [6.45, 7) is 8.49. The molecule has 2 aliphatic rings. The van der Waals surface area contributed by atoms with Crippen LogP contribution in [0.1, 0.15) is 19.3 Å². The molecule has 0 saturated carbocycles. The van der Waals surface area contributed by atoms with Gasteiger partial charge in [-0.25, -0.2) is 14.4 Å². The minimum absolute atomic E-state index is 0.0130. The lowest BCUT2D eigenvalue weighted by atomic mass is 10.0. The third-order valence-corrected chi connectivity index (χ3v) is 7.58. The lowest BCUT2D eigenvalue weighted by Crippen LogP contribution is -2.50. The Morgan fingerprint density at radius 3 is 2.80 bits per heavy atom. The van der Waals surface area contributed by atoms with Crippen LogP contribution in [0.2, 0.25) is 5.02 Å². The number of halogens is 2. The summed E-state index contributed by atoms with van der Waals surface area (Å²) in [5.74, 6) is -0.0854. The monoisotopic (exact) mass is 582 g/mol. The van der Waals surface area contributed by atoms with Crippen LogP contribution in [0.4, 0.5) is 21.6 Å². The van der Waals surface area contributed by atoms with Crippen LogP contribution >= 0.6 is 11.6 Å². The molecule has 12 heteroatoms. The summed E-state index contributed by atoms with van der Waals surface area (Å²) in [4.78, 5) is 37.2. The summed E-state index contributed by atoms with van der Waals surface area (Å²) < 4.78 is 24.8. The van der Waals surface area contributed by atoms with E-state index in [9.17, 15) is 14.0 Å². The van der Waals surface area contributed by atoms with E-state index < -0.39 is 5.82 Å². The number of anilines is 3. The predicted octanol–water partition coefficient (Wildman–Crippen LogP) is 4.38. The van der Waals surface area contributed by atoms with Crippen molar-refractivity contribution in [3.8, 4) is 5.75 Å². The minimum atomic E-state index is -0.517. The van der Waals surface area contributed by atoms with Crippen LogP contribution in [-0.2, 0) is 14.3 Å². The topological polar surface area (TPSA) is 109 Å². The van der Waals surface area contributed by atoms with Gasteiger partial charge in [-0.1, -0.05) is 18.2 Å². The highest BCUT2D eigenvalue weighted by Crippen LogP contribution is 2.34. The number of carbonyl (C=O) groups excluding carboxylic acids is 2. The Hall–Kier alpha value is -3.80. The van der Waals surface area contributed by atoms with Crippen molar-refractivity contribution in [2.75, 3.05) is 56.6 Å². The molecular weight excluding hydrogens is 551 g/mol. The molecule has 216 valence electrons. The zero-order valence-corrected chi connectivity index (χ0v) is 23.3. The smallest absolute Gasteiger partial charge is 0.320 e. The Kier molecular flexibility index (Phi) is 9.28. The highest BCUT2D eigenvalue weighted by atomic mass is 35.5. The van der Waals surface area contributed by atoms with Gasteiger partial charge in [-0.15, -0.1) is 0 Å². The molecule has 1 aromatic heterocycles. The predicted molar refractivity (Wildman–Crippen MR) is 155 cm³/mol. The summed E-state index contributed by atoms with van der Waals surface area (Å²) in [7, 11) is 0. The number of nitrogens with one attached hydrogen (secondary N) is 2. The number of benzene rings is 2. The number of hydrogen-bond donors (Lipinski definition) is 2. The van der Waals surface area contributed by atoms with E-state index in [1.54, 1.807) is 18.2 Å². The first-order chi connectivity index (χ1) is 19.9. The van der Waals surface area contributed by atoms with Gasteiger partial charge >= 0.3 is 5.97 Å². The molecule has 0 spiro atoms. The molecule has 0 unspecified atom stereocenters. The second-order valence-electron chi connectivity index (χ2n) is 10.0. The zero-order chi connectivity index (χ0) is 28.8. The first kappa shape index (κ1) is 28.7. The normalized spacial score (nSPS) is 16.8. The van der Waals surface area contributed by atoms with Crippen molar-refractivity contribution in [3.63, 3.8) is 0 Å². The van der Waals surface area contributed by atoms with E-state index in [2.05, 4.69) is 37.0 Å². The molecule has 2 aliphatic heterocycles. The fourth-order valence-electron chi connectivity index (χ4n) is 5.15. The molecular formula is C29H32ClFN6O4. The molecule has 0 aliphatic carbocycles. The van der Waals surface area contributed by atoms with E-state index in [0.29, 0.717) is 59.6 Å². The van der Waals surface area contributed by atoms with Gasteiger partial charge in [0.2, 0.25) is 5.91 Å². The van der Waals surface area contributed by atoms with Crippen molar-refractivity contribution < 1.29 is 23.5 Å². The number of piperidine rings is 1. The number of aromatic nitrogens is 2. The molecule has 10 nitrogen and oxygen atoms in total. The average Bonchev–Trinajstić information content (AvgIpc) is 2.98. The maximum absolute atomic E-state index is 13.6. The fourth-order valence-corrected chi connectivity index (χ4v) is 5.33. The van der Waals surface area contributed by atoms with Crippen molar-refractivity contribution >= 4 is 51.6 Å². The molecule has 0 radical (unpaired) electrons. The highest BCUT2D eigenvalue weighted by Gasteiger charge is 2.28. The Morgan fingerprint density at radius 2 is 2.05 bits per heavy atom. The third kappa shape index (κ3) is 7.29. The molecule has 1 amide bonds. The van der Waals surface area contributed by atoms with E-state index in [1.807, 2.05) is 0 Å². The van der Waals surface area contributed by atoms with Crippen LogP contribution in [0, 0.1) is 5.82 Å². The number of fused-ring (bicyclic) bond motifs is 1. The summed E-state index contributed by atoms with van der Waals surface area (Å²) in [6, 6.07) is 8.21. The van der Waals surface area contributed by atoms with Crippen molar-refractivity contribution in [1.82, 2.24) is 19.8 Å². The van der Waals surface area contributed by atoms with Crippen LogP contribution in [0.15, 0.2) is 49.3 Å². The van der Waals surface area contributed by atoms with Crippen LogP contribution < -0.4 is 15.4 Å². The Bertz CT molecular complexity index is 1430. The number of rotatable bonds is 10. The molecule has 2 saturated heterocycles. The standard InChI is InChI=1S/C29H32ClFN6O4/c1-2-27(38)35-25-15-21-24(32-18-33-29(21)34-19-4-5-23(31)22(30)14-19)16-26(25)40-12-3-8-36-9-6-20(7-10-36)37-11-13-41-28(39)17-37/h2,4-5,14-16,18,20H,1,3,6-13,17H2,(H,35,38)(H,32,33,34). The largest absolute Gasteiger partial charge is 0.491 e. The number of hydrogen-bond acceptors (Lipinski definition) is 9. The van der Waals surface area contributed by atoms with Gasteiger partial charge in [-0.3, -0.25) is 14.5 Å². The molecule has 2 aromatic carbocycles. The lowest BCUT2D eigenvalue weighted by Gasteiger charge is -2.39.